The number of nitrogen functional groups attached to an aromatic ring is 1. The lowest BCUT2D eigenvalue weighted by atomic mass is 9.85. The van der Waals surface area contributed by atoms with Crippen LogP contribution in [0.1, 0.15) is 60.1 Å². The van der Waals surface area contributed by atoms with E-state index in [4.69, 9.17) is 10.5 Å². The van der Waals surface area contributed by atoms with Crippen molar-refractivity contribution in [1.82, 2.24) is 4.90 Å². The number of allylic oxidation sites excluding steroid dienone is 2. The Hall–Kier alpha value is -3.44. The number of methoxy groups -OCH3 is 1. The van der Waals surface area contributed by atoms with Gasteiger partial charge in [-0.2, -0.15) is 0 Å². The third-order valence-electron chi connectivity index (χ3n) is 7.52. The molecule has 2 aliphatic rings. The summed E-state index contributed by atoms with van der Waals surface area (Å²) in [6.45, 7) is 8.23. The number of likely N-dealkylation sites (tertiary alicyclic amines) is 1. The SMILES string of the molecule is CC.COc1ccc2c(c1)CCCC(c1ccccc1C)=C2C(=N)c1ccc(CN2CC(CF)C2)cc1N. The molecule has 1 aliphatic carbocycles. The Morgan fingerprint density at radius 3 is 2.47 bits per heavy atom. The Morgan fingerprint density at radius 2 is 1.79 bits per heavy atom. The molecule has 200 valence electrons. The Kier molecular flexibility index (Phi) is 9.01. The van der Waals surface area contributed by atoms with Gasteiger partial charge in [-0.25, -0.2) is 0 Å². The van der Waals surface area contributed by atoms with E-state index < -0.39 is 0 Å². The van der Waals surface area contributed by atoms with E-state index in [-0.39, 0.29) is 12.6 Å². The van der Waals surface area contributed by atoms with Crippen LogP contribution in [0.3, 0.4) is 0 Å². The monoisotopic (exact) mass is 513 g/mol. The summed E-state index contributed by atoms with van der Waals surface area (Å²) in [6, 6.07) is 20.6. The fourth-order valence-electron chi connectivity index (χ4n) is 5.59. The van der Waals surface area contributed by atoms with E-state index in [1.807, 2.05) is 32.0 Å². The normalized spacial score (nSPS) is 15.6. The minimum atomic E-state index is -0.250. The summed E-state index contributed by atoms with van der Waals surface area (Å²) in [5.74, 6) is 0.999. The average molecular weight is 514 g/mol. The fourth-order valence-corrected chi connectivity index (χ4v) is 5.59. The predicted molar refractivity (Wildman–Crippen MR) is 158 cm³/mol. The van der Waals surface area contributed by atoms with Gasteiger partial charge in [0.2, 0.25) is 0 Å². The molecule has 3 N–H and O–H groups in total. The van der Waals surface area contributed by atoms with Gasteiger partial charge in [-0.1, -0.05) is 56.3 Å². The highest BCUT2D eigenvalue weighted by atomic mass is 19.1. The van der Waals surface area contributed by atoms with Crippen molar-refractivity contribution in [1.29, 1.82) is 5.41 Å². The van der Waals surface area contributed by atoms with E-state index in [9.17, 15) is 9.80 Å². The molecule has 1 fully saturated rings. The van der Waals surface area contributed by atoms with Crippen LogP contribution in [0.25, 0.3) is 11.1 Å². The lowest BCUT2D eigenvalue weighted by Gasteiger charge is -2.37. The number of hydrogen-bond donors (Lipinski definition) is 2. The van der Waals surface area contributed by atoms with Gasteiger partial charge in [0, 0.05) is 42.4 Å². The second kappa shape index (κ2) is 12.4. The topological polar surface area (TPSA) is 62.3 Å². The van der Waals surface area contributed by atoms with Crippen molar-refractivity contribution in [3.8, 4) is 5.75 Å². The summed E-state index contributed by atoms with van der Waals surface area (Å²) in [5, 5.41) is 9.43. The van der Waals surface area contributed by atoms with Crippen LogP contribution >= 0.6 is 0 Å². The molecule has 0 radical (unpaired) electrons. The summed E-state index contributed by atoms with van der Waals surface area (Å²) in [6.07, 6.45) is 2.83. The minimum absolute atomic E-state index is 0.163. The Bertz CT molecular complexity index is 1320. The quantitative estimate of drug-likeness (QED) is 0.257. The van der Waals surface area contributed by atoms with Gasteiger partial charge in [0.05, 0.1) is 19.5 Å². The van der Waals surface area contributed by atoms with Gasteiger partial charge in [-0.3, -0.25) is 14.7 Å². The Morgan fingerprint density at radius 1 is 1.03 bits per heavy atom. The molecule has 5 heteroatoms. The summed E-state index contributed by atoms with van der Waals surface area (Å²) in [4.78, 5) is 2.23. The van der Waals surface area contributed by atoms with E-state index in [2.05, 4.69) is 54.3 Å². The molecule has 5 rings (SSSR count). The number of alkyl halides is 1. The maximum Gasteiger partial charge on any atom is 0.119 e. The second-order valence-electron chi connectivity index (χ2n) is 10.1. The van der Waals surface area contributed by atoms with Crippen molar-refractivity contribution in [2.24, 2.45) is 5.92 Å². The number of rotatable bonds is 7. The van der Waals surface area contributed by atoms with Crippen molar-refractivity contribution in [2.45, 2.75) is 46.6 Å². The van der Waals surface area contributed by atoms with Crippen molar-refractivity contribution < 1.29 is 9.13 Å². The highest BCUT2D eigenvalue weighted by Gasteiger charge is 2.27. The molecule has 4 nitrogen and oxygen atoms in total. The predicted octanol–water partition coefficient (Wildman–Crippen LogP) is 7.33. The number of aryl methyl sites for hydroxylation is 2. The molecule has 0 atom stereocenters. The zero-order chi connectivity index (χ0) is 27.2. The van der Waals surface area contributed by atoms with Gasteiger partial charge >= 0.3 is 0 Å². The first-order chi connectivity index (χ1) is 18.5. The average Bonchev–Trinajstić information content (AvgIpc) is 3.10. The summed E-state index contributed by atoms with van der Waals surface area (Å²) < 4.78 is 18.3. The van der Waals surface area contributed by atoms with Gasteiger partial charge in [0.15, 0.2) is 0 Å². The zero-order valence-electron chi connectivity index (χ0n) is 23.1. The van der Waals surface area contributed by atoms with Gasteiger partial charge < -0.3 is 10.5 Å². The Labute approximate surface area is 226 Å². The van der Waals surface area contributed by atoms with Gasteiger partial charge in [0.25, 0.3) is 0 Å². The number of nitrogens with one attached hydrogen (secondary N) is 1. The summed E-state index contributed by atoms with van der Waals surface area (Å²) in [7, 11) is 1.69. The molecular weight excluding hydrogens is 473 g/mol. The maximum absolute atomic E-state index is 12.8. The van der Waals surface area contributed by atoms with E-state index in [0.29, 0.717) is 11.4 Å². The molecule has 0 amide bonds. The fraction of sp³-hybridized carbons (Fsp3) is 0.364. The molecule has 1 heterocycles. The number of benzene rings is 3. The molecule has 0 bridgehead atoms. The highest BCUT2D eigenvalue weighted by Crippen LogP contribution is 2.40. The van der Waals surface area contributed by atoms with Crippen molar-refractivity contribution in [2.75, 3.05) is 32.6 Å². The van der Waals surface area contributed by atoms with Gasteiger partial charge in [-0.05, 0) is 77.8 Å². The third kappa shape index (κ3) is 5.68. The number of nitrogens with two attached hydrogens (primary N) is 1. The number of ether oxygens (including phenoxy) is 1. The number of fused-ring (bicyclic) bond motifs is 1. The molecule has 1 saturated heterocycles. The first kappa shape index (κ1) is 27.6. The van der Waals surface area contributed by atoms with Crippen LogP contribution in [0.15, 0.2) is 60.7 Å². The molecule has 0 saturated carbocycles. The lowest BCUT2D eigenvalue weighted by Crippen LogP contribution is -2.46. The molecule has 3 aromatic carbocycles. The van der Waals surface area contributed by atoms with E-state index in [0.717, 1.165) is 66.9 Å². The van der Waals surface area contributed by atoms with E-state index >= 15 is 0 Å². The molecule has 38 heavy (non-hydrogen) atoms. The smallest absolute Gasteiger partial charge is 0.119 e. The molecular formula is C33H40FN3O. The summed E-state index contributed by atoms with van der Waals surface area (Å²) >= 11 is 0. The maximum atomic E-state index is 12.8. The zero-order valence-corrected chi connectivity index (χ0v) is 23.1. The minimum Gasteiger partial charge on any atom is -0.497 e. The second-order valence-corrected chi connectivity index (χ2v) is 10.1. The summed E-state index contributed by atoms with van der Waals surface area (Å²) in [5.41, 5.74) is 16.3. The number of anilines is 1. The molecule has 0 unspecified atom stereocenters. The van der Waals surface area contributed by atoms with Crippen LogP contribution in [0.4, 0.5) is 10.1 Å². The highest BCUT2D eigenvalue weighted by molar-refractivity contribution is 6.37. The first-order valence-electron chi connectivity index (χ1n) is 13.7. The number of nitrogens with zero attached hydrogens (tertiary/aromatic N) is 1. The molecule has 3 aromatic rings. The van der Waals surface area contributed by atoms with Crippen LogP contribution in [0, 0.1) is 18.3 Å². The van der Waals surface area contributed by atoms with E-state index in [1.54, 1.807) is 7.11 Å². The Balaban J connectivity index is 0.00000164. The largest absolute Gasteiger partial charge is 0.497 e. The van der Waals surface area contributed by atoms with Crippen LogP contribution in [-0.2, 0) is 13.0 Å². The van der Waals surface area contributed by atoms with Crippen LogP contribution < -0.4 is 10.5 Å². The van der Waals surface area contributed by atoms with Crippen molar-refractivity contribution in [3.05, 3.63) is 94.0 Å². The van der Waals surface area contributed by atoms with Crippen molar-refractivity contribution in [3.63, 3.8) is 0 Å². The van der Waals surface area contributed by atoms with E-state index in [1.165, 1.54) is 22.3 Å². The standard InChI is InChI=1S/C31H34FN3O.C2H6/c1-20-6-3-4-8-25(20)27-9-5-7-23-15-24(36-2)11-13-26(23)30(27)31(34)28-12-10-21(14-29(28)33)17-35-18-22(16-32)19-35;1-2/h3-4,6,8,10-15,22,34H,5,7,9,16-19,33H2,1-2H3;1-2H3. The third-order valence-corrected chi connectivity index (χ3v) is 7.52. The first-order valence-corrected chi connectivity index (χ1v) is 13.7. The number of hydrogen-bond acceptors (Lipinski definition) is 4. The van der Waals surface area contributed by atoms with Crippen LogP contribution in [0.5, 0.6) is 5.75 Å². The molecule has 0 spiro atoms. The molecule has 0 aromatic heterocycles. The van der Waals surface area contributed by atoms with Gasteiger partial charge in [-0.15, -0.1) is 0 Å². The van der Waals surface area contributed by atoms with Crippen LogP contribution in [0.2, 0.25) is 0 Å². The molecule has 1 aliphatic heterocycles. The lowest BCUT2D eigenvalue weighted by molar-refractivity contribution is 0.0738. The van der Waals surface area contributed by atoms with Gasteiger partial charge in [0.1, 0.15) is 5.75 Å². The van der Waals surface area contributed by atoms with Crippen LogP contribution in [-0.4, -0.2) is 37.5 Å². The van der Waals surface area contributed by atoms with Crippen molar-refractivity contribution >= 4 is 22.5 Å². The number of halogens is 1.